The van der Waals surface area contributed by atoms with Crippen LogP contribution in [0.25, 0.3) is 0 Å². The minimum Gasteiger partial charge on any atom is -0.395 e. The van der Waals surface area contributed by atoms with Crippen LogP contribution in [0.2, 0.25) is 0 Å². The molecule has 104 valence electrons. The Bertz CT molecular complexity index is 490. The zero-order valence-corrected chi connectivity index (χ0v) is 10.3. The highest BCUT2D eigenvalue weighted by molar-refractivity contribution is 5.93. The van der Waals surface area contributed by atoms with Gasteiger partial charge in [-0.2, -0.15) is 0 Å². The van der Waals surface area contributed by atoms with E-state index in [-0.39, 0.29) is 29.9 Å². The molecule has 0 saturated carbocycles. The first-order chi connectivity index (χ1) is 8.95. The molecule has 0 aliphatic carbocycles. The van der Waals surface area contributed by atoms with Crippen LogP contribution in [-0.4, -0.2) is 18.7 Å². The van der Waals surface area contributed by atoms with Crippen molar-refractivity contribution in [2.24, 2.45) is 11.7 Å². The van der Waals surface area contributed by atoms with Crippen molar-refractivity contribution in [2.45, 2.75) is 19.6 Å². The second-order valence-electron chi connectivity index (χ2n) is 4.16. The van der Waals surface area contributed by atoms with E-state index in [1.165, 1.54) is 18.2 Å². The molecule has 1 atom stereocenters. The lowest BCUT2D eigenvalue weighted by Gasteiger charge is -2.12. The van der Waals surface area contributed by atoms with Gasteiger partial charge in [0.2, 0.25) is 5.91 Å². The molecule has 0 saturated heterocycles. The fraction of sp³-hybridized carbons (Fsp3) is 0.417. The predicted molar refractivity (Wildman–Crippen MR) is 64.1 cm³/mol. The number of ether oxygens (including phenoxy) is 2. The molecule has 19 heavy (non-hydrogen) atoms. The molecule has 0 radical (unpaired) electrons. The van der Waals surface area contributed by atoms with Gasteiger partial charge in [-0.3, -0.25) is 4.79 Å². The monoisotopic (exact) mass is 272 g/mol. The van der Waals surface area contributed by atoms with Crippen molar-refractivity contribution >= 4 is 11.6 Å². The van der Waals surface area contributed by atoms with Gasteiger partial charge in [-0.25, -0.2) is 0 Å². The van der Waals surface area contributed by atoms with Gasteiger partial charge in [0.25, 0.3) is 0 Å². The standard InChI is InChI=1S/C12H14F2N2O3/c1-2-7(6-15)11(17)16-8-3-4-9-10(5-8)19-12(13,14)18-9/h3-5,7H,2,6,15H2,1H3,(H,16,17). The first-order valence-corrected chi connectivity index (χ1v) is 5.86. The molecule has 3 N–H and O–H groups in total. The topological polar surface area (TPSA) is 73.6 Å². The van der Waals surface area contributed by atoms with Crippen LogP contribution in [0.15, 0.2) is 18.2 Å². The molecule has 1 aromatic carbocycles. The minimum atomic E-state index is -3.66. The van der Waals surface area contributed by atoms with Crippen molar-refractivity contribution < 1.29 is 23.0 Å². The fourth-order valence-corrected chi connectivity index (χ4v) is 1.73. The summed E-state index contributed by atoms with van der Waals surface area (Å²) >= 11 is 0. The number of hydrogen-bond donors (Lipinski definition) is 2. The zero-order chi connectivity index (χ0) is 14.0. The Morgan fingerprint density at radius 1 is 1.42 bits per heavy atom. The van der Waals surface area contributed by atoms with E-state index in [0.29, 0.717) is 12.1 Å². The predicted octanol–water partition coefficient (Wildman–Crippen LogP) is 1.93. The molecule has 7 heteroatoms. The van der Waals surface area contributed by atoms with Gasteiger partial charge in [-0.05, 0) is 18.6 Å². The molecular weight excluding hydrogens is 258 g/mol. The maximum Gasteiger partial charge on any atom is 0.586 e. The van der Waals surface area contributed by atoms with Crippen molar-refractivity contribution in [1.82, 2.24) is 0 Å². The third kappa shape index (κ3) is 2.93. The van der Waals surface area contributed by atoms with Crippen molar-refractivity contribution in [2.75, 3.05) is 11.9 Å². The molecule has 0 fully saturated rings. The van der Waals surface area contributed by atoms with Crippen LogP contribution in [0.4, 0.5) is 14.5 Å². The first kappa shape index (κ1) is 13.5. The lowest BCUT2D eigenvalue weighted by atomic mass is 10.1. The summed E-state index contributed by atoms with van der Waals surface area (Å²) in [7, 11) is 0. The van der Waals surface area contributed by atoms with Gasteiger partial charge in [-0.1, -0.05) is 6.92 Å². The van der Waals surface area contributed by atoms with Gasteiger partial charge in [-0.15, -0.1) is 8.78 Å². The van der Waals surface area contributed by atoms with Gasteiger partial charge in [0, 0.05) is 18.3 Å². The fourth-order valence-electron chi connectivity index (χ4n) is 1.73. The van der Waals surface area contributed by atoms with E-state index in [9.17, 15) is 13.6 Å². The zero-order valence-electron chi connectivity index (χ0n) is 10.3. The Labute approximate surface area is 108 Å². The number of carbonyl (C=O) groups is 1. The van der Waals surface area contributed by atoms with Crippen LogP contribution in [-0.2, 0) is 4.79 Å². The summed E-state index contributed by atoms with van der Waals surface area (Å²) < 4.78 is 34.2. The van der Waals surface area contributed by atoms with Crippen LogP contribution < -0.4 is 20.5 Å². The van der Waals surface area contributed by atoms with Crippen molar-refractivity contribution in [3.63, 3.8) is 0 Å². The summed E-state index contributed by atoms with van der Waals surface area (Å²) in [6, 6.07) is 4.07. The van der Waals surface area contributed by atoms with Crippen molar-refractivity contribution in [3.8, 4) is 11.5 Å². The summed E-state index contributed by atoms with van der Waals surface area (Å²) in [6.45, 7) is 2.07. The highest BCUT2D eigenvalue weighted by Gasteiger charge is 2.43. The SMILES string of the molecule is CCC(CN)C(=O)Nc1ccc2c(c1)OC(F)(F)O2. The van der Waals surface area contributed by atoms with Gasteiger partial charge in [0.15, 0.2) is 11.5 Å². The molecule has 0 aromatic heterocycles. The van der Waals surface area contributed by atoms with E-state index in [4.69, 9.17) is 5.73 Å². The smallest absolute Gasteiger partial charge is 0.395 e. The number of hydrogen-bond acceptors (Lipinski definition) is 4. The first-order valence-electron chi connectivity index (χ1n) is 5.86. The van der Waals surface area contributed by atoms with E-state index in [1.54, 1.807) is 0 Å². The van der Waals surface area contributed by atoms with Crippen LogP contribution in [0.1, 0.15) is 13.3 Å². The number of fused-ring (bicyclic) bond motifs is 1. The maximum absolute atomic E-state index is 12.8. The van der Waals surface area contributed by atoms with Gasteiger partial charge in [0.05, 0.1) is 5.92 Å². The Balaban J connectivity index is 2.10. The van der Waals surface area contributed by atoms with Crippen LogP contribution in [0, 0.1) is 5.92 Å². The average molecular weight is 272 g/mol. The summed E-state index contributed by atoms with van der Waals surface area (Å²) in [6.07, 6.45) is -3.06. The Morgan fingerprint density at radius 2 is 2.11 bits per heavy atom. The number of nitrogens with one attached hydrogen (secondary N) is 1. The summed E-state index contributed by atoms with van der Waals surface area (Å²) in [5, 5.41) is 2.60. The second kappa shape index (κ2) is 5.00. The van der Waals surface area contributed by atoms with Crippen LogP contribution >= 0.6 is 0 Å². The molecule has 1 aliphatic heterocycles. The molecule has 2 rings (SSSR count). The molecule has 5 nitrogen and oxygen atoms in total. The number of halogens is 2. The Kier molecular flexibility index (Phi) is 3.57. The average Bonchev–Trinajstić information content (AvgIpc) is 2.63. The van der Waals surface area contributed by atoms with Crippen LogP contribution in [0.5, 0.6) is 11.5 Å². The lowest BCUT2D eigenvalue weighted by molar-refractivity contribution is -0.286. The molecule has 1 aliphatic rings. The van der Waals surface area contributed by atoms with Crippen LogP contribution in [0.3, 0.4) is 0 Å². The van der Waals surface area contributed by atoms with E-state index < -0.39 is 6.29 Å². The molecule has 1 heterocycles. The largest absolute Gasteiger partial charge is 0.586 e. The molecule has 0 spiro atoms. The minimum absolute atomic E-state index is 0.0612. The molecule has 1 aromatic rings. The summed E-state index contributed by atoms with van der Waals surface area (Å²) in [5.74, 6) is -0.736. The highest BCUT2D eigenvalue weighted by Crippen LogP contribution is 2.42. The maximum atomic E-state index is 12.8. The quantitative estimate of drug-likeness (QED) is 0.878. The number of amides is 1. The Morgan fingerprint density at radius 3 is 2.74 bits per heavy atom. The normalized spacial score (nSPS) is 17.1. The number of anilines is 1. The number of rotatable bonds is 4. The molecule has 0 bridgehead atoms. The third-order valence-corrected chi connectivity index (χ3v) is 2.82. The molecule has 1 unspecified atom stereocenters. The number of alkyl halides is 2. The van der Waals surface area contributed by atoms with Gasteiger partial charge >= 0.3 is 6.29 Å². The lowest BCUT2D eigenvalue weighted by Crippen LogP contribution is -2.28. The van der Waals surface area contributed by atoms with Gasteiger partial charge in [0.1, 0.15) is 0 Å². The highest BCUT2D eigenvalue weighted by atomic mass is 19.3. The number of benzene rings is 1. The number of carbonyl (C=O) groups excluding carboxylic acids is 1. The van der Waals surface area contributed by atoms with Gasteiger partial charge < -0.3 is 20.5 Å². The van der Waals surface area contributed by atoms with E-state index in [1.807, 2.05) is 6.92 Å². The Hall–Kier alpha value is -1.89. The third-order valence-electron chi connectivity index (χ3n) is 2.82. The second-order valence-corrected chi connectivity index (χ2v) is 4.16. The summed E-state index contributed by atoms with van der Waals surface area (Å²) in [5.41, 5.74) is 5.82. The van der Waals surface area contributed by atoms with E-state index >= 15 is 0 Å². The summed E-state index contributed by atoms with van der Waals surface area (Å²) in [4.78, 5) is 11.8. The number of nitrogens with two attached hydrogens (primary N) is 1. The molecule has 1 amide bonds. The van der Waals surface area contributed by atoms with Crippen molar-refractivity contribution in [3.05, 3.63) is 18.2 Å². The van der Waals surface area contributed by atoms with E-state index in [0.717, 1.165) is 0 Å². The molecular formula is C12H14F2N2O3. The van der Waals surface area contributed by atoms with Crippen molar-refractivity contribution in [1.29, 1.82) is 0 Å². The van der Waals surface area contributed by atoms with E-state index in [2.05, 4.69) is 14.8 Å².